The third kappa shape index (κ3) is 6.13. The van der Waals surface area contributed by atoms with E-state index in [1.807, 2.05) is 30.5 Å². The molecular formula is C30H33N3O8. The number of aromatic hydroxyl groups is 1. The number of benzene rings is 2. The zero-order valence-corrected chi connectivity index (χ0v) is 23.3. The SMILES string of the molecule is CCOC(=O)c1c[nH]c(=O)c([C@H](CC(=O)NCCc2c[nH]c3ccccc23)c2cc(OC)c(OC)c(OC)c2)c1O. The number of methoxy groups -OCH3 is 3. The number of hydrogen-bond acceptors (Lipinski definition) is 8. The van der Waals surface area contributed by atoms with E-state index in [-0.39, 0.29) is 30.1 Å². The van der Waals surface area contributed by atoms with E-state index in [0.29, 0.717) is 35.8 Å². The van der Waals surface area contributed by atoms with Gasteiger partial charge in [-0.15, -0.1) is 0 Å². The summed E-state index contributed by atoms with van der Waals surface area (Å²) >= 11 is 0. The van der Waals surface area contributed by atoms with Crippen molar-refractivity contribution in [3.63, 3.8) is 0 Å². The fraction of sp³-hybridized carbons (Fsp3) is 0.300. The second-order valence-corrected chi connectivity index (χ2v) is 9.19. The number of aromatic amines is 2. The molecule has 11 heteroatoms. The Kier molecular flexibility index (Phi) is 9.18. The maximum absolute atomic E-state index is 13.3. The molecule has 0 fully saturated rings. The van der Waals surface area contributed by atoms with Crippen molar-refractivity contribution >= 4 is 22.8 Å². The van der Waals surface area contributed by atoms with Gasteiger partial charge in [0.25, 0.3) is 5.56 Å². The highest BCUT2D eigenvalue weighted by Crippen LogP contribution is 2.43. The van der Waals surface area contributed by atoms with Crippen molar-refractivity contribution in [1.82, 2.24) is 15.3 Å². The summed E-state index contributed by atoms with van der Waals surface area (Å²) in [7, 11) is 4.34. The van der Waals surface area contributed by atoms with Crippen LogP contribution >= 0.6 is 0 Å². The van der Waals surface area contributed by atoms with E-state index in [1.165, 1.54) is 21.3 Å². The first kappa shape index (κ1) is 29.1. The smallest absolute Gasteiger partial charge is 0.343 e. The number of aromatic nitrogens is 2. The lowest BCUT2D eigenvalue weighted by Gasteiger charge is -2.21. The van der Waals surface area contributed by atoms with Crippen LogP contribution in [-0.4, -0.2) is 61.4 Å². The van der Waals surface area contributed by atoms with Gasteiger partial charge in [0.2, 0.25) is 11.7 Å². The number of H-pyrrole nitrogens is 2. The predicted molar refractivity (Wildman–Crippen MR) is 152 cm³/mol. The van der Waals surface area contributed by atoms with Crippen molar-refractivity contribution in [1.29, 1.82) is 0 Å². The quantitative estimate of drug-likeness (QED) is 0.191. The van der Waals surface area contributed by atoms with Crippen LogP contribution < -0.4 is 25.1 Å². The van der Waals surface area contributed by atoms with Gasteiger partial charge in [0.05, 0.1) is 33.5 Å². The zero-order chi connectivity index (χ0) is 29.5. The van der Waals surface area contributed by atoms with Gasteiger partial charge in [0, 0.05) is 42.2 Å². The Morgan fingerprint density at radius 1 is 1.00 bits per heavy atom. The van der Waals surface area contributed by atoms with Gasteiger partial charge in [-0.1, -0.05) is 18.2 Å². The minimum absolute atomic E-state index is 0.0713. The van der Waals surface area contributed by atoms with E-state index >= 15 is 0 Å². The van der Waals surface area contributed by atoms with E-state index in [0.717, 1.165) is 22.7 Å². The number of ether oxygens (including phenoxy) is 4. The highest BCUT2D eigenvalue weighted by molar-refractivity contribution is 5.92. The molecule has 2 aromatic heterocycles. The molecule has 0 aliphatic heterocycles. The van der Waals surface area contributed by atoms with Crippen LogP contribution in [0.2, 0.25) is 0 Å². The monoisotopic (exact) mass is 563 g/mol. The summed E-state index contributed by atoms with van der Waals surface area (Å²) in [5, 5.41) is 15.1. The first-order chi connectivity index (χ1) is 19.8. The lowest BCUT2D eigenvalue weighted by atomic mass is 9.87. The summed E-state index contributed by atoms with van der Waals surface area (Å²) < 4.78 is 21.4. The van der Waals surface area contributed by atoms with E-state index in [9.17, 15) is 19.5 Å². The number of para-hydroxylation sites is 1. The normalized spacial score (nSPS) is 11.6. The fourth-order valence-electron chi connectivity index (χ4n) is 4.85. The van der Waals surface area contributed by atoms with Crippen LogP contribution in [-0.2, 0) is 16.0 Å². The first-order valence-electron chi connectivity index (χ1n) is 13.1. The molecule has 0 bridgehead atoms. The number of carbonyl (C=O) groups is 2. The van der Waals surface area contributed by atoms with E-state index in [2.05, 4.69) is 15.3 Å². The highest BCUT2D eigenvalue weighted by atomic mass is 16.5. The first-order valence-corrected chi connectivity index (χ1v) is 13.1. The van der Waals surface area contributed by atoms with Crippen LogP contribution in [0.15, 0.2) is 53.6 Å². The number of rotatable bonds is 12. The van der Waals surface area contributed by atoms with Gasteiger partial charge in [-0.05, 0) is 42.7 Å². The molecule has 4 N–H and O–H groups in total. The van der Waals surface area contributed by atoms with E-state index < -0.39 is 23.2 Å². The molecule has 2 heterocycles. The molecule has 1 atom stereocenters. The van der Waals surface area contributed by atoms with E-state index in [1.54, 1.807) is 19.1 Å². The molecule has 41 heavy (non-hydrogen) atoms. The fourth-order valence-corrected chi connectivity index (χ4v) is 4.85. The number of nitrogens with one attached hydrogen (secondary N) is 3. The molecule has 0 spiro atoms. The Bertz CT molecular complexity index is 1580. The minimum atomic E-state index is -0.991. The lowest BCUT2D eigenvalue weighted by Crippen LogP contribution is -2.29. The maximum atomic E-state index is 13.3. The average molecular weight is 564 g/mol. The van der Waals surface area contributed by atoms with Crippen molar-refractivity contribution in [3.8, 4) is 23.0 Å². The molecule has 4 rings (SSSR count). The largest absolute Gasteiger partial charge is 0.506 e. The maximum Gasteiger partial charge on any atom is 0.343 e. The number of esters is 1. The van der Waals surface area contributed by atoms with Crippen LogP contribution in [0.1, 0.15) is 46.3 Å². The van der Waals surface area contributed by atoms with E-state index in [4.69, 9.17) is 18.9 Å². The summed E-state index contributed by atoms with van der Waals surface area (Å²) in [4.78, 5) is 44.6. The number of pyridine rings is 1. The molecule has 0 aliphatic rings. The summed E-state index contributed by atoms with van der Waals surface area (Å²) in [5.74, 6) is -1.84. The van der Waals surface area contributed by atoms with Crippen LogP contribution in [0.4, 0.5) is 0 Å². The van der Waals surface area contributed by atoms with Crippen molar-refractivity contribution in [2.45, 2.75) is 25.7 Å². The van der Waals surface area contributed by atoms with Gasteiger partial charge in [0.15, 0.2) is 11.5 Å². The standard InChI is InChI=1S/C30H33N3O8/c1-5-41-30(37)21-16-33-29(36)26(27(21)35)20(18-12-23(38-2)28(40-4)24(13-18)39-3)14-25(34)31-11-10-17-15-32-22-9-7-6-8-19(17)22/h6-9,12-13,15-16,20,32H,5,10-11,14H2,1-4H3,(H,31,34)(H2,33,35,36)/t20-/m1/s1. The lowest BCUT2D eigenvalue weighted by molar-refractivity contribution is -0.121. The van der Waals surface area contributed by atoms with Gasteiger partial charge in [-0.3, -0.25) is 9.59 Å². The molecule has 2 aromatic carbocycles. The zero-order valence-electron chi connectivity index (χ0n) is 23.3. The summed E-state index contributed by atoms with van der Waals surface area (Å²) in [6, 6.07) is 11.1. The third-order valence-electron chi connectivity index (χ3n) is 6.82. The minimum Gasteiger partial charge on any atom is -0.506 e. The molecule has 216 valence electrons. The average Bonchev–Trinajstić information content (AvgIpc) is 3.38. The van der Waals surface area contributed by atoms with Crippen molar-refractivity contribution in [2.75, 3.05) is 34.5 Å². The van der Waals surface area contributed by atoms with Crippen LogP contribution in [0.3, 0.4) is 0 Å². The molecule has 0 radical (unpaired) electrons. The topological polar surface area (TPSA) is 152 Å². The van der Waals surface area contributed by atoms with Crippen molar-refractivity contribution in [2.24, 2.45) is 0 Å². The third-order valence-corrected chi connectivity index (χ3v) is 6.82. The molecular weight excluding hydrogens is 530 g/mol. The Labute approximate surface area is 236 Å². The Morgan fingerprint density at radius 2 is 1.71 bits per heavy atom. The summed E-state index contributed by atoms with van der Waals surface area (Å²) in [6.45, 7) is 2.04. The van der Waals surface area contributed by atoms with Crippen LogP contribution in [0.5, 0.6) is 23.0 Å². The molecule has 0 saturated carbocycles. The number of hydrogen-bond donors (Lipinski definition) is 4. The van der Waals surface area contributed by atoms with Crippen LogP contribution in [0.25, 0.3) is 10.9 Å². The molecule has 11 nitrogen and oxygen atoms in total. The number of amides is 1. The van der Waals surface area contributed by atoms with Crippen molar-refractivity contribution in [3.05, 3.63) is 81.4 Å². The molecule has 1 amide bonds. The second kappa shape index (κ2) is 12.9. The number of fused-ring (bicyclic) bond motifs is 1. The highest BCUT2D eigenvalue weighted by Gasteiger charge is 2.30. The molecule has 0 unspecified atom stereocenters. The summed E-state index contributed by atoms with van der Waals surface area (Å²) in [5.41, 5.74) is 1.43. The Morgan fingerprint density at radius 3 is 2.37 bits per heavy atom. The predicted octanol–water partition coefficient (Wildman–Crippen LogP) is 3.65. The Hall–Kier alpha value is -4.93. The van der Waals surface area contributed by atoms with Gasteiger partial charge in [-0.2, -0.15) is 0 Å². The van der Waals surface area contributed by atoms with Crippen molar-refractivity contribution < 1.29 is 33.6 Å². The molecule has 4 aromatic rings. The number of carbonyl (C=O) groups excluding carboxylic acids is 2. The van der Waals surface area contributed by atoms with Gasteiger partial charge in [-0.25, -0.2) is 4.79 Å². The molecule has 0 aliphatic carbocycles. The second-order valence-electron chi connectivity index (χ2n) is 9.19. The van der Waals surface area contributed by atoms with Gasteiger partial charge < -0.3 is 39.3 Å². The Balaban J connectivity index is 1.69. The summed E-state index contributed by atoms with van der Waals surface area (Å²) in [6.07, 6.45) is 3.35. The van der Waals surface area contributed by atoms with Gasteiger partial charge >= 0.3 is 5.97 Å². The van der Waals surface area contributed by atoms with Gasteiger partial charge in [0.1, 0.15) is 11.3 Å². The van der Waals surface area contributed by atoms with Crippen LogP contribution in [0, 0.1) is 0 Å². The molecule has 0 saturated heterocycles.